The van der Waals surface area contributed by atoms with Crippen LogP contribution in [0.2, 0.25) is 0 Å². The molecular formula is C13H15FN4. The fraction of sp³-hybridized carbons (Fsp3) is 0.154. The summed E-state index contributed by atoms with van der Waals surface area (Å²) in [6, 6.07) is 10.1. The molecule has 0 saturated carbocycles. The van der Waals surface area contributed by atoms with E-state index in [-0.39, 0.29) is 5.82 Å². The number of pyridine rings is 1. The SMILES string of the molecule is CN(Cc1cc(NN)ccn1)c1cccc(F)c1. The van der Waals surface area contributed by atoms with E-state index in [1.807, 2.05) is 24.1 Å². The first kappa shape index (κ1) is 12.3. The van der Waals surface area contributed by atoms with E-state index < -0.39 is 0 Å². The number of halogens is 1. The van der Waals surface area contributed by atoms with Crippen molar-refractivity contribution in [2.45, 2.75) is 6.54 Å². The predicted octanol–water partition coefficient (Wildman–Crippen LogP) is 2.14. The molecule has 1 heterocycles. The molecule has 0 unspecified atom stereocenters. The van der Waals surface area contributed by atoms with E-state index in [9.17, 15) is 4.39 Å². The highest BCUT2D eigenvalue weighted by atomic mass is 19.1. The zero-order chi connectivity index (χ0) is 13.0. The number of aromatic nitrogens is 1. The van der Waals surface area contributed by atoms with Crippen molar-refractivity contribution in [3.8, 4) is 0 Å². The van der Waals surface area contributed by atoms with Gasteiger partial charge in [0.15, 0.2) is 0 Å². The van der Waals surface area contributed by atoms with E-state index in [1.54, 1.807) is 18.3 Å². The molecule has 1 aromatic carbocycles. The quantitative estimate of drug-likeness (QED) is 0.641. The standard InChI is InChI=1S/C13H15FN4/c1-18(13-4-2-3-10(14)7-13)9-12-8-11(17-15)5-6-16-12/h2-8H,9,15H2,1H3,(H,16,17). The maximum atomic E-state index is 13.1. The first-order chi connectivity index (χ1) is 8.69. The lowest BCUT2D eigenvalue weighted by Gasteiger charge is -2.19. The summed E-state index contributed by atoms with van der Waals surface area (Å²) < 4.78 is 13.1. The summed E-state index contributed by atoms with van der Waals surface area (Å²) in [5.41, 5.74) is 5.04. The maximum absolute atomic E-state index is 13.1. The number of benzene rings is 1. The maximum Gasteiger partial charge on any atom is 0.125 e. The van der Waals surface area contributed by atoms with Crippen molar-refractivity contribution in [1.82, 2.24) is 4.98 Å². The van der Waals surface area contributed by atoms with E-state index in [4.69, 9.17) is 5.84 Å². The van der Waals surface area contributed by atoms with Crippen LogP contribution < -0.4 is 16.2 Å². The molecule has 0 atom stereocenters. The van der Waals surface area contributed by atoms with Crippen molar-refractivity contribution in [3.63, 3.8) is 0 Å². The average Bonchev–Trinajstić information content (AvgIpc) is 2.39. The second kappa shape index (κ2) is 5.46. The summed E-state index contributed by atoms with van der Waals surface area (Å²) in [4.78, 5) is 6.17. The van der Waals surface area contributed by atoms with Crippen LogP contribution in [0.1, 0.15) is 5.69 Å². The van der Waals surface area contributed by atoms with Gasteiger partial charge in [-0.3, -0.25) is 10.8 Å². The second-order valence-corrected chi connectivity index (χ2v) is 4.02. The van der Waals surface area contributed by atoms with E-state index >= 15 is 0 Å². The van der Waals surface area contributed by atoms with Crippen molar-refractivity contribution in [1.29, 1.82) is 0 Å². The van der Waals surface area contributed by atoms with Gasteiger partial charge in [0.25, 0.3) is 0 Å². The summed E-state index contributed by atoms with van der Waals surface area (Å²) in [6.45, 7) is 0.582. The van der Waals surface area contributed by atoms with Crippen molar-refractivity contribution in [2.24, 2.45) is 5.84 Å². The van der Waals surface area contributed by atoms with Gasteiger partial charge in [-0.05, 0) is 30.3 Å². The Labute approximate surface area is 105 Å². The van der Waals surface area contributed by atoms with Crippen molar-refractivity contribution >= 4 is 11.4 Å². The molecule has 0 aliphatic rings. The molecule has 0 fully saturated rings. The first-order valence-electron chi connectivity index (χ1n) is 5.57. The highest BCUT2D eigenvalue weighted by Gasteiger charge is 2.04. The van der Waals surface area contributed by atoms with Gasteiger partial charge < -0.3 is 10.3 Å². The van der Waals surface area contributed by atoms with Crippen LogP contribution in [-0.4, -0.2) is 12.0 Å². The average molecular weight is 246 g/mol. The molecule has 0 bridgehead atoms. The van der Waals surface area contributed by atoms with Crippen molar-refractivity contribution in [3.05, 3.63) is 54.1 Å². The lowest BCUT2D eigenvalue weighted by molar-refractivity contribution is 0.627. The van der Waals surface area contributed by atoms with Crippen LogP contribution in [-0.2, 0) is 6.54 Å². The Morgan fingerprint density at radius 1 is 1.33 bits per heavy atom. The molecule has 18 heavy (non-hydrogen) atoms. The Kier molecular flexibility index (Phi) is 3.74. The van der Waals surface area contributed by atoms with Crippen LogP contribution >= 0.6 is 0 Å². The minimum absolute atomic E-state index is 0.246. The fourth-order valence-corrected chi connectivity index (χ4v) is 1.70. The minimum Gasteiger partial charge on any atom is -0.369 e. The number of nitrogens with zero attached hydrogens (tertiary/aromatic N) is 2. The van der Waals surface area contributed by atoms with Crippen LogP contribution in [0.5, 0.6) is 0 Å². The molecule has 0 saturated heterocycles. The molecule has 0 amide bonds. The molecule has 1 aromatic heterocycles. The van der Waals surface area contributed by atoms with Crippen LogP contribution in [0, 0.1) is 5.82 Å². The minimum atomic E-state index is -0.246. The second-order valence-electron chi connectivity index (χ2n) is 4.02. The van der Waals surface area contributed by atoms with Crippen LogP contribution in [0.4, 0.5) is 15.8 Å². The number of hydrogen-bond donors (Lipinski definition) is 2. The lowest BCUT2D eigenvalue weighted by atomic mass is 10.2. The summed E-state index contributed by atoms with van der Waals surface area (Å²) in [5.74, 6) is 5.09. The smallest absolute Gasteiger partial charge is 0.125 e. The number of anilines is 2. The lowest BCUT2D eigenvalue weighted by Crippen LogP contribution is -2.17. The van der Waals surface area contributed by atoms with E-state index in [0.717, 1.165) is 17.1 Å². The van der Waals surface area contributed by atoms with Crippen LogP contribution in [0.25, 0.3) is 0 Å². The van der Waals surface area contributed by atoms with E-state index in [0.29, 0.717) is 6.54 Å². The van der Waals surface area contributed by atoms with Crippen LogP contribution in [0.15, 0.2) is 42.6 Å². The molecule has 0 radical (unpaired) electrons. The fourth-order valence-electron chi connectivity index (χ4n) is 1.70. The van der Waals surface area contributed by atoms with Gasteiger partial charge in [0, 0.05) is 18.9 Å². The Bertz CT molecular complexity index is 530. The monoisotopic (exact) mass is 246 g/mol. The number of hydrazine groups is 1. The highest BCUT2D eigenvalue weighted by molar-refractivity contribution is 5.47. The third kappa shape index (κ3) is 2.95. The Hall–Kier alpha value is -2.14. The zero-order valence-electron chi connectivity index (χ0n) is 10.1. The highest BCUT2D eigenvalue weighted by Crippen LogP contribution is 2.16. The Balaban J connectivity index is 2.13. The summed E-state index contributed by atoms with van der Waals surface area (Å²) in [5, 5.41) is 0. The molecule has 0 aliphatic carbocycles. The Morgan fingerprint density at radius 3 is 2.89 bits per heavy atom. The summed E-state index contributed by atoms with van der Waals surface area (Å²) in [7, 11) is 1.89. The Morgan fingerprint density at radius 2 is 2.17 bits per heavy atom. The van der Waals surface area contributed by atoms with Gasteiger partial charge in [-0.25, -0.2) is 4.39 Å². The topological polar surface area (TPSA) is 54.2 Å². The van der Waals surface area contributed by atoms with Gasteiger partial charge in [0.05, 0.1) is 17.9 Å². The number of nitrogens with one attached hydrogen (secondary N) is 1. The van der Waals surface area contributed by atoms with Gasteiger partial charge in [-0.2, -0.15) is 0 Å². The van der Waals surface area contributed by atoms with E-state index in [1.165, 1.54) is 12.1 Å². The molecule has 0 spiro atoms. The van der Waals surface area contributed by atoms with Gasteiger partial charge in [-0.1, -0.05) is 6.07 Å². The molecule has 2 rings (SSSR count). The van der Waals surface area contributed by atoms with E-state index in [2.05, 4.69) is 10.4 Å². The van der Waals surface area contributed by atoms with Crippen molar-refractivity contribution < 1.29 is 4.39 Å². The van der Waals surface area contributed by atoms with Gasteiger partial charge >= 0.3 is 0 Å². The molecule has 94 valence electrons. The van der Waals surface area contributed by atoms with Gasteiger partial charge in [0.2, 0.25) is 0 Å². The molecular weight excluding hydrogens is 231 g/mol. The van der Waals surface area contributed by atoms with Gasteiger partial charge in [-0.15, -0.1) is 0 Å². The summed E-state index contributed by atoms with van der Waals surface area (Å²) in [6.07, 6.45) is 1.68. The predicted molar refractivity (Wildman–Crippen MR) is 70.6 cm³/mol. The molecule has 0 aliphatic heterocycles. The molecule has 3 N–H and O–H groups in total. The third-order valence-corrected chi connectivity index (χ3v) is 2.63. The van der Waals surface area contributed by atoms with Crippen LogP contribution in [0.3, 0.4) is 0 Å². The summed E-state index contributed by atoms with van der Waals surface area (Å²) >= 11 is 0. The number of hydrogen-bond acceptors (Lipinski definition) is 4. The van der Waals surface area contributed by atoms with Crippen molar-refractivity contribution in [2.75, 3.05) is 17.4 Å². The van der Waals surface area contributed by atoms with Gasteiger partial charge in [0.1, 0.15) is 5.82 Å². The first-order valence-corrected chi connectivity index (χ1v) is 5.57. The molecule has 5 heteroatoms. The normalized spacial score (nSPS) is 10.2. The number of nitrogen functional groups attached to an aromatic ring is 1. The number of rotatable bonds is 4. The molecule has 4 nitrogen and oxygen atoms in total. The largest absolute Gasteiger partial charge is 0.369 e. The third-order valence-electron chi connectivity index (χ3n) is 2.63. The molecule has 2 aromatic rings. The number of nitrogens with two attached hydrogens (primary N) is 1. The zero-order valence-corrected chi connectivity index (χ0v) is 10.1.